The van der Waals surface area contributed by atoms with Gasteiger partial charge in [0.1, 0.15) is 0 Å². The van der Waals surface area contributed by atoms with Crippen LogP contribution in [-0.2, 0) is 0 Å². The molecule has 1 atom stereocenters. The van der Waals surface area contributed by atoms with Crippen molar-refractivity contribution in [3.63, 3.8) is 0 Å². The second kappa shape index (κ2) is 4.57. The summed E-state index contributed by atoms with van der Waals surface area (Å²) in [6.07, 6.45) is 2.40. The van der Waals surface area contributed by atoms with E-state index in [2.05, 4.69) is 12.2 Å². The molecule has 1 aliphatic rings. The summed E-state index contributed by atoms with van der Waals surface area (Å²) >= 11 is 0. The molecule has 3 N–H and O–H groups in total. The van der Waals surface area contributed by atoms with E-state index in [1.54, 1.807) is 19.1 Å². The average molecular weight is 249 g/mol. The molecule has 1 unspecified atom stereocenters. The molecule has 1 saturated carbocycles. The molecule has 5 heteroatoms. The molecule has 0 amide bonds. The van der Waals surface area contributed by atoms with Gasteiger partial charge in [0, 0.05) is 29.4 Å². The normalized spacial score (nSPS) is 18.2. The van der Waals surface area contributed by atoms with Crippen LogP contribution in [0.15, 0.2) is 18.2 Å². The Hall–Kier alpha value is -1.62. The minimum absolute atomic E-state index is 0.109. The highest BCUT2D eigenvalue weighted by Gasteiger charge is 2.40. The lowest BCUT2D eigenvalue weighted by Crippen LogP contribution is -2.44. The van der Waals surface area contributed by atoms with Gasteiger partial charge in [-0.2, -0.15) is 0 Å². The molecule has 1 aromatic carbocycles. The first-order valence-electron chi connectivity index (χ1n) is 6.19. The number of nitrogens with zero attached hydrogens (tertiary/aromatic N) is 1. The highest BCUT2D eigenvalue weighted by atomic mass is 16.6. The van der Waals surface area contributed by atoms with Crippen molar-refractivity contribution in [3.8, 4) is 0 Å². The Labute approximate surface area is 107 Å². The van der Waals surface area contributed by atoms with Crippen molar-refractivity contribution in [3.05, 3.63) is 33.9 Å². The van der Waals surface area contributed by atoms with E-state index in [0.717, 1.165) is 5.69 Å². The Bertz CT molecular complexity index is 471. The van der Waals surface area contributed by atoms with Gasteiger partial charge >= 0.3 is 0 Å². The number of nitrogens with one attached hydrogen (secondary N) is 1. The summed E-state index contributed by atoms with van der Waals surface area (Å²) in [5.74, 6) is 0.609. The van der Waals surface area contributed by atoms with Crippen molar-refractivity contribution in [2.24, 2.45) is 11.7 Å². The van der Waals surface area contributed by atoms with E-state index in [9.17, 15) is 10.1 Å². The molecular weight excluding hydrogens is 230 g/mol. The van der Waals surface area contributed by atoms with Gasteiger partial charge in [0.15, 0.2) is 0 Å². The number of hydrogen-bond acceptors (Lipinski definition) is 4. The van der Waals surface area contributed by atoms with E-state index >= 15 is 0 Å². The Morgan fingerprint density at radius 3 is 2.67 bits per heavy atom. The molecule has 98 valence electrons. The van der Waals surface area contributed by atoms with E-state index in [-0.39, 0.29) is 16.1 Å². The van der Waals surface area contributed by atoms with Crippen molar-refractivity contribution in [1.29, 1.82) is 0 Å². The lowest BCUT2D eigenvalue weighted by Gasteiger charge is -2.30. The highest BCUT2D eigenvalue weighted by molar-refractivity contribution is 5.55. The van der Waals surface area contributed by atoms with Gasteiger partial charge in [-0.25, -0.2) is 0 Å². The fourth-order valence-corrected chi connectivity index (χ4v) is 2.31. The number of nitrogens with two attached hydrogens (primary N) is 1. The molecule has 1 aromatic rings. The van der Waals surface area contributed by atoms with Crippen LogP contribution in [0.5, 0.6) is 0 Å². The number of rotatable bonds is 5. The molecule has 1 aliphatic carbocycles. The van der Waals surface area contributed by atoms with Crippen molar-refractivity contribution in [2.45, 2.75) is 32.2 Å². The highest BCUT2D eigenvalue weighted by Crippen LogP contribution is 2.41. The smallest absolute Gasteiger partial charge is 0.272 e. The summed E-state index contributed by atoms with van der Waals surface area (Å²) in [5.41, 5.74) is 7.45. The van der Waals surface area contributed by atoms with Gasteiger partial charge in [0.05, 0.1) is 4.92 Å². The summed E-state index contributed by atoms with van der Waals surface area (Å²) in [5, 5.41) is 14.2. The maximum atomic E-state index is 10.8. The summed E-state index contributed by atoms with van der Waals surface area (Å²) in [7, 11) is 0. The first-order valence-corrected chi connectivity index (χ1v) is 6.19. The fraction of sp³-hybridized carbons (Fsp3) is 0.538. The van der Waals surface area contributed by atoms with Gasteiger partial charge < -0.3 is 11.1 Å². The lowest BCUT2D eigenvalue weighted by molar-refractivity contribution is -0.385. The topological polar surface area (TPSA) is 81.2 Å². The SMILES string of the molecule is Cc1cc(NC(C)(CN)C2CC2)ccc1[N+](=O)[O-]. The molecular formula is C13H19N3O2. The number of anilines is 1. The second-order valence-corrected chi connectivity index (χ2v) is 5.28. The number of aryl methyl sites for hydroxylation is 1. The Morgan fingerprint density at radius 1 is 1.56 bits per heavy atom. The summed E-state index contributed by atoms with van der Waals surface area (Å²) in [4.78, 5) is 10.4. The van der Waals surface area contributed by atoms with Crippen molar-refractivity contribution >= 4 is 11.4 Å². The van der Waals surface area contributed by atoms with Crippen LogP contribution in [0.1, 0.15) is 25.3 Å². The van der Waals surface area contributed by atoms with Crippen LogP contribution in [0.2, 0.25) is 0 Å². The predicted octanol–water partition coefficient (Wildman–Crippen LogP) is 2.44. The largest absolute Gasteiger partial charge is 0.378 e. The minimum Gasteiger partial charge on any atom is -0.378 e. The zero-order valence-electron chi connectivity index (χ0n) is 10.8. The molecule has 2 rings (SSSR count). The first kappa shape index (κ1) is 12.8. The van der Waals surface area contributed by atoms with Gasteiger partial charge in [0.25, 0.3) is 5.69 Å². The summed E-state index contributed by atoms with van der Waals surface area (Å²) in [6.45, 7) is 4.43. The third-order valence-electron chi connectivity index (χ3n) is 3.73. The molecule has 0 heterocycles. The number of nitro groups is 1. The molecule has 0 aliphatic heterocycles. The average Bonchev–Trinajstić information content (AvgIpc) is 3.12. The minimum atomic E-state index is -0.359. The van der Waals surface area contributed by atoms with Crippen LogP contribution < -0.4 is 11.1 Å². The molecule has 5 nitrogen and oxygen atoms in total. The lowest BCUT2D eigenvalue weighted by atomic mass is 9.95. The molecule has 0 bridgehead atoms. The van der Waals surface area contributed by atoms with Crippen LogP contribution >= 0.6 is 0 Å². The van der Waals surface area contributed by atoms with Gasteiger partial charge in [-0.1, -0.05) is 0 Å². The van der Waals surface area contributed by atoms with E-state index in [1.165, 1.54) is 12.8 Å². The maximum Gasteiger partial charge on any atom is 0.272 e. The van der Waals surface area contributed by atoms with Crippen LogP contribution in [0, 0.1) is 23.0 Å². The van der Waals surface area contributed by atoms with Gasteiger partial charge in [0.2, 0.25) is 0 Å². The third kappa shape index (κ3) is 2.46. The van der Waals surface area contributed by atoms with Gasteiger partial charge in [-0.3, -0.25) is 10.1 Å². The Morgan fingerprint density at radius 2 is 2.22 bits per heavy atom. The number of benzene rings is 1. The molecule has 0 radical (unpaired) electrons. The van der Waals surface area contributed by atoms with Crippen LogP contribution in [0.3, 0.4) is 0 Å². The second-order valence-electron chi connectivity index (χ2n) is 5.28. The van der Waals surface area contributed by atoms with Crippen LogP contribution in [0.25, 0.3) is 0 Å². The number of nitro benzene ring substituents is 1. The van der Waals surface area contributed by atoms with Crippen molar-refractivity contribution in [2.75, 3.05) is 11.9 Å². The maximum absolute atomic E-state index is 10.8. The van der Waals surface area contributed by atoms with Crippen molar-refractivity contribution < 1.29 is 4.92 Å². The van der Waals surface area contributed by atoms with E-state index in [4.69, 9.17) is 5.73 Å². The van der Waals surface area contributed by atoms with E-state index < -0.39 is 0 Å². The van der Waals surface area contributed by atoms with Crippen LogP contribution in [-0.4, -0.2) is 17.0 Å². The van der Waals surface area contributed by atoms with Gasteiger partial charge in [-0.05, 0) is 44.7 Å². The zero-order valence-corrected chi connectivity index (χ0v) is 10.8. The molecule has 18 heavy (non-hydrogen) atoms. The van der Waals surface area contributed by atoms with Crippen LogP contribution in [0.4, 0.5) is 11.4 Å². The zero-order chi connectivity index (χ0) is 13.3. The standard InChI is InChI=1S/C13H19N3O2/c1-9-7-11(5-6-12(9)16(17)18)15-13(2,8-14)10-3-4-10/h5-7,10,15H,3-4,8,14H2,1-2H3. The summed E-state index contributed by atoms with van der Waals surface area (Å²) in [6, 6.07) is 5.11. The number of hydrogen-bond donors (Lipinski definition) is 2. The molecule has 1 fully saturated rings. The van der Waals surface area contributed by atoms with E-state index in [1.807, 2.05) is 6.07 Å². The Kier molecular flexibility index (Phi) is 3.26. The predicted molar refractivity (Wildman–Crippen MR) is 71.6 cm³/mol. The summed E-state index contributed by atoms with van der Waals surface area (Å²) < 4.78 is 0. The monoisotopic (exact) mass is 249 g/mol. The Balaban J connectivity index is 2.19. The third-order valence-corrected chi connectivity index (χ3v) is 3.73. The first-order chi connectivity index (χ1) is 8.46. The molecule has 0 saturated heterocycles. The molecule has 0 spiro atoms. The quantitative estimate of drug-likeness (QED) is 0.620. The fourth-order valence-electron chi connectivity index (χ4n) is 2.31. The van der Waals surface area contributed by atoms with Crippen molar-refractivity contribution in [1.82, 2.24) is 0 Å². The molecule has 0 aromatic heterocycles. The van der Waals surface area contributed by atoms with E-state index in [0.29, 0.717) is 18.0 Å². The van der Waals surface area contributed by atoms with Gasteiger partial charge in [-0.15, -0.1) is 0 Å².